The van der Waals surface area contributed by atoms with Crippen molar-refractivity contribution in [2.75, 3.05) is 0 Å². The van der Waals surface area contributed by atoms with Gasteiger partial charge in [-0.2, -0.15) is 4.39 Å². The van der Waals surface area contributed by atoms with E-state index in [2.05, 4.69) is 0 Å². The van der Waals surface area contributed by atoms with E-state index in [1.54, 1.807) is 13.8 Å². The summed E-state index contributed by atoms with van der Waals surface area (Å²) >= 11 is 0. The van der Waals surface area contributed by atoms with Gasteiger partial charge in [-0.15, -0.1) is 0 Å². The van der Waals surface area contributed by atoms with Gasteiger partial charge in [0.05, 0.1) is 6.10 Å². The molecule has 0 aromatic heterocycles. The summed E-state index contributed by atoms with van der Waals surface area (Å²) in [5, 5.41) is 0. The van der Waals surface area contributed by atoms with Gasteiger partial charge in [0.1, 0.15) is 11.6 Å². The average molecular weight is 192 g/mol. The van der Waals surface area contributed by atoms with E-state index in [4.69, 9.17) is 4.74 Å². The van der Waals surface area contributed by atoms with Crippen molar-refractivity contribution in [2.45, 2.75) is 32.8 Å². The number of ether oxygens (including phenoxy) is 1. The van der Waals surface area contributed by atoms with Crippen molar-refractivity contribution in [2.24, 2.45) is 0 Å². The Hall–Kier alpha value is -0.930. The van der Waals surface area contributed by atoms with Gasteiger partial charge >= 0.3 is 0 Å². The van der Waals surface area contributed by atoms with Crippen molar-refractivity contribution in [1.29, 1.82) is 0 Å². The zero-order chi connectivity index (χ0) is 10.0. The summed E-state index contributed by atoms with van der Waals surface area (Å²) in [6.45, 7) is 3.40. The van der Waals surface area contributed by atoms with Crippen LogP contribution in [0.3, 0.4) is 0 Å². The largest absolute Gasteiger partial charge is 0.492 e. The van der Waals surface area contributed by atoms with Crippen LogP contribution in [0.25, 0.3) is 0 Å². The van der Waals surface area contributed by atoms with E-state index in [-0.39, 0.29) is 24.7 Å². The van der Waals surface area contributed by atoms with Crippen LogP contribution in [0.4, 0.5) is 13.2 Å². The highest BCUT2D eigenvalue weighted by atomic mass is 19.2. The molecule has 1 rings (SSSR count). The fraction of sp³-hybridized carbons (Fsp3) is 0.556. The molecule has 0 saturated heterocycles. The molecule has 0 aromatic rings. The third-order valence-corrected chi connectivity index (χ3v) is 1.63. The highest BCUT2D eigenvalue weighted by Gasteiger charge is 2.24. The Labute approximate surface area is 74.9 Å². The first kappa shape index (κ1) is 10.2. The molecule has 0 saturated carbocycles. The molecule has 1 aliphatic carbocycles. The monoisotopic (exact) mass is 192 g/mol. The minimum Gasteiger partial charge on any atom is -0.492 e. The molecular formula is C9H11F3O. The van der Waals surface area contributed by atoms with Crippen LogP contribution in [0.5, 0.6) is 0 Å². The summed E-state index contributed by atoms with van der Waals surface area (Å²) in [4.78, 5) is 0. The molecule has 0 fully saturated rings. The average Bonchev–Trinajstić information content (AvgIpc) is 2.06. The zero-order valence-corrected chi connectivity index (χ0v) is 7.53. The summed E-state index contributed by atoms with van der Waals surface area (Å²) < 4.78 is 43.1. The van der Waals surface area contributed by atoms with Crippen LogP contribution < -0.4 is 0 Å². The SMILES string of the molecule is CC(C)OC1=C(F)C(F)=C(F)CC1. The van der Waals surface area contributed by atoms with Gasteiger partial charge in [-0.3, -0.25) is 0 Å². The van der Waals surface area contributed by atoms with Crippen molar-refractivity contribution in [3.8, 4) is 0 Å². The fourth-order valence-electron chi connectivity index (χ4n) is 1.08. The van der Waals surface area contributed by atoms with E-state index in [0.717, 1.165) is 0 Å². The predicted molar refractivity (Wildman–Crippen MR) is 42.8 cm³/mol. The van der Waals surface area contributed by atoms with Crippen LogP contribution in [-0.4, -0.2) is 6.10 Å². The van der Waals surface area contributed by atoms with Gasteiger partial charge in [-0.1, -0.05) is 0 Å². The number of hydrogen-bond donors (Lipinski definition) is 0. The Morgan fingerprint density at radius 2 is 1.69 bits per heavy atom. The van der Waals surface area contributed by atoms with Crippen molar-refractivity contribution >= 4 is 0 Å². The molecule has 1 aliphatic rings. The zero-order valence-electron chi connectivity index (χ0n) is 7.53. The fourth-order valence-corrected chi connectivity index (χ4v) is 1.08. The quantitative estimate of drug-likeness (QED) is 0.650. The second-order valence-corrected chi connectivity index (χ2v) is 3.12. The van der Waals surface area contributed by atoms with Crippen LogP contribution >= 0.6 is 0 Å². The van der Waals surface area contributed by atoms with Gasteiger partial charge in [-0.05, 0) is 13.8 Å². The first-order chi connectivity index (χ1) is 6.02. The summed E-state index contributed by atoms with van der Waals surface area (Å²) in [6.07, 6.45) is -0.264. The second kappa shape index (κ2) is 3.85. The normalized spacial score (nSPS) is 18.6. The van der Waals surface area contributed by atoms with Crippen molar-refractivity contribution in [3.63, 3.8) is 0 Å². The molecule has 4 heteroatoms. The molecule has 0 atom stereocenters. The summed E-state index contributed by atoms with van der Waals surface area (Å²) in [6, 6.07) is 0. The van der Waals surface area contributed by atoms with Crippen LogP contribution in [-0.2, 0) is 4.74 Å². The lowest BCUT2D eigenvalue weighted by Gasteiger charge is -2.17. The minimum absolute atomic E-state index is 0.0866. The second-order valence-electron chi connectivity index (χ2n) is 3.12. The molecule has 0 radical (unpaired) electrons. The molecule has 0 amide bonds. The third-order valence-electron chi connectivity index (χ3n) is 1.63. The molecule has 0 bridgehead atoms. The van der Waals surface area contributed by atoms with E-state index in [1.807, 2.05) is 0 Å². The summed E-state index contributed by atoms with van der Waals surface area (Å²) in [5.41, 5.74) is 0. The Morgan fingerprint density at radius 1 is 1.08 bits per heavy atom. The lowest BCUT2D eigenvalue weighted by Crippen LogP contribution is -2.07. The van der Waals surface area contributed by atoms with Gasteiger partial charge in [0.25, 0.3) is 0 Å². The van der Waals surface area contributed by atoms with Gasteiger partial charge in [0.15, 0.2) is 11.7 Å². The maximum Gasteiger partial charge on any atom is 0.199 e. The molecule has 0 heterocycles. The van der Waals surface area contributed by atoms with Crippen molar-refractivity contribution in [3.05, 3.63) is 23.2 Å². The molecule has 0 unspecified atom stereocenters. The minimum atomic E-state index is -1.41. The summed E-state index contributed by atoms with van der Waals surface area (Å²) in [7, 11) is 0. The first-order valence-electron chi connectivity index (χ1n) is 4.12. The molecule has 0 aromatic carbocycles. The maximum atomic E-state index is 12.9. The van der Waals surface area contributed by atoms with Gasteiger partial charge < -0.3 is 4.74 Å². The van der Waals surface area contributed by atoms with Crippen molar-refractivity contribution < 1.29 is 17.9 Å². The van der Waals surface area contributed by atoms with Gasteiger partial charge in [0, 0.05) is 12.8 Å². The molecule has 0 spiro atoms. The third kappa shape index (κ3) is 2.26. The highest BCUT2D eigenvalue weighted by molar-refractivity contribution is 5.29. The predicted octanol–water partition coefficient (Wildman–Crippen LogP) is 3.54. The van der Waals surface area contributed by atoms with E-state index < -0.39 is 17.5 Å². The van der Waals surface area contributed by atoms with Crippen LogP contribution in [0, 0.1) is 0 Å². The lowest BCUT2D eigenvalue weighted by atomic mass is 10.1. The standard InChI is InChI=1S/C9H11F3O/c1-5(2)13-7-4-3-6(10)8(11)9(7)12/h5H,3-4H2,1-2H3. The van der Waals surface area contributed by atoms with Crippen molar-refractivity contribution in [1.82, 2.24) is 0 Å². The van der Waals surface area contributed by atoms with E-state index >= 15 is 0 Å². The Kier molecular flexibility index (Phi) is 3.01. The summed E-state index contributed by atoms with van der Waals surface area (Å²) in [5.74, 6) is -3.73. The highest BCUT2D eigenvalue weighted by Crippen LogP contribution is 2.33. The van der Waals surface area contributed by atoms with E-state index in [0.29, 0.717) is 0 Å². The molecule has 1 nitrogen and oxygen atoms in total. The van der Waals surface area contributed by atoms with E-state index in [9.17, 15) is 13.2 Å². The molecular weight excluding hydrogens is 181 g/mol. The molecule has 13 heavy (non-hydrogen) atoms. The molecule has 0 N–H and O–H groups in total. The topological polar surface area (TPSA) is 9.23 Å². The van der Waals surface area contributed by atoms with Gasteiger partial charge in [-0.25, -0.2) is 8.78 Å². The Balaban J connectivity index is 2.85. The maximum absolute atomic E-state index is 12.9. The van der Waals surface area contributed by atoms with Crippen LogP contribution in [0.15, 0.2) is 23.2 Å². The van der Waals surface area contributed by atoms with E-state index in [1.165, 1.54) is 0 Å². The molecule has 74 valence electrons. The van der Waals surface area contributed by atoms with Crippen LogP contribution in [0.2, 0.25) is 0 Å². The van der Waals surface area contributed by atoms with Crippen LogP contribution in [0.1, 0.15) is 26.7 Å². The Bertz CT molecular complexity index is 266. The number of halogens is 3. The number of hydrogen-bond acceptors (Lipinski definition) is 1. The Morgan fingerprint density at radius 3 is 2.23 bits per heavy atom. The smallest absolute Gasteiger partial charge is 0.199 e. The number of rotatable bonds is 2. The number of allylic oxidation sites excluding steroid dienone is 4. The van der Waals surface area contributed by atoms with Gasteiger partial charge in [0.2, 0.25) is 0 Å². The first-order valence-corrected chi connectivity index (χ1v) is 4.12. The lowest BCUT2D eigenvalue weighted by molar-refractivity contribution is 0.127. The molecule has 0 aliphatic heterocycles.